The molecule has 0 aromatic heterocycles. The summed E-state index contributed by atoms with van der Waals surface area (Å²) in [5, 5.41) is 0. The molecule has 1 saturated heterocycles. The van der Waals surface area contributed by atoms with Crippen LogP contribution in [0.5, 0.6) is 0 Å². The minimum absolute atomic E-state index is 0.338. The van der Waals surface area contributed by atoms with E-state index in [1.165, 1.54) is 12.8 Å². The number of hydrogen-bond donors (Lipinski definition) is 0. The van der Waals surface area contributed by atoms with Crippen LogP contribution in [0.3, 0.4) is 0 Å². The van der Waals surface area contributed by atoms with E-state index in [9.17, 15) is 4.79 Å². The minimum atomic E-state index is 0.338. The minimum Gasteiger partial charge on any atom is -0.383 e. The van der Waals surface area contributed by atoms with Gasteiger partial charge in [-0.3, -0.25) is 9.69 Å². The standard InChI is InChI=1S/C13H26N2O2/c1-3-4-5-6-13(16)15-9-7-14(8-10-15)11-12-17-2/h3-12H2,1-2H3. The fourth-order valence-corrected chi connectivity index (χ4v) is 2.13. The zero-order valence-electron chi connectivity index (χ0n) is 11.3. The third-order valence-corrected chi connectivity index (χ3v) is 3.33. The van der Waals surface area contributed by atoms with Crippen molar-refractivity contribution in [2.75, 3.05) is 46.4 Å². The van der Waals surface area contributed by atoms with Gasteiger partial charge in [0.2, 0.25) is 5.91 Å². The number of unbranched alkanes of at least 4 members (excludes halogenated alkanes) is 2. The van der Waals surface area contributed by atoms with Crippen molar-refractivity contribution in [2.45, 2.75) is 32.6 Å². The largest absolute Gasteiger partial charge is 0.383 e. The van der Waals surface area contributed by atoms with Crippen molar-refractivity contribution in [1.82, 2.24) is 9.80 Å². The summed E-state index contributed by atoms with van der Waals surface area (Å²) < 4.78 is 5.06. The molecule has 1 amide bonds. The fraction of sp³-hybridized carbons (Fsp3) is 0.923. The number of hydrogen-bond acceptors (Lipinski definition) is 3. The zero-order chi connectivity index (χ0) is 12.5. The van der Waals surface area contributed by atoms with Gasteiger partial charge in [0.15, 0.2) is 0 Å². The quantitative estimate of drug-likeness (QED) is 0.632. The first-order valence-corrected chi connectivity index (χ1v) is 6.77. The molecule has 0 radical (unpaired) electrons. The first kappa shape index (κ1) is 14.5. The van der Waals surface area contributed by atoms with E-state index in [1.54, 1.807) is 7.11 Å². The van der Waals surface area contributed by atoms with Gasteiger partial charge < -0.3 is 9.64 Å². The van der Waals surface area contributed by atoms with Crippen molar-refractivity contribution < 1.29 is 9.53 Å². The van der Waals surface area contributed by atoms with E-state index in [2.05, 4.69) is 11.8 Å². The van der Waals surface area contributed by atoms with Gasteiger partial charge in [-0.15, -0.1) is 0 Å². The smallest absolute Gasteiger partial charge is 0.222 e. The van der Waals surface area contributed by atoms with Crippen LogP contribution in [0.1, 0.15) is 32.6 Å². The average molecular weight is 242 g/mol. The summed E-state index contributed by atoms with van der Waals surface area (Å²) >= 11 is 0. The van der Waals surface area contributed by atoms with Crippen LogP contribution < -0.4 is 0 Å². The first-order valence-electron chi connectivity index (χ1n) is 6.77. The van der Waals surface area contributed by atoms with Crippen molar-refractivity contribution in [1.29, 1.82) is 0 Å². The molecule has 0 aliphatic carbocycles. The van der Waals surface area contributed by atoms with Crippen LogP contribution in [0.4, 0.5) is 0 Å². The van der Waals surface area contributed by atoms with Gasteiger partial charge in [0, 0.05) is 46.3 Å². The molecule has 1 aliphatic heterocycles. The van der Waals surface area contributed by atoms with Gasteiger partial charge in [-0.25, -0.2) is 0 Å². The number of carbonyl (C=O) groups is 1. The normalized spacial score (nSPS) is 17.4. The van der Waals surface area contributed by atoms with E-state index >= 15 is 0 Å². The molecule has 1 rings (SSSR count). The summed E-state index contributed by atoms with van der Waals surface area (Å²) in [6.45, 7) is 7.67. The van der Waals surface area contributed by atoms with Crippen molar-refractivity contribution in [3.05, 3.63) is 0 Å². The Labute approximate surface area is 105 Å². The van der Waals surface area contributed by atoms with E-state index < -0.39 is 0 Å². The second-order valence-corrected chi connectivity index (χ2v) is 4.67. The second kappa shape index (κ2) is 8.48. The summed E-state index contributed by atoms with van der Waals surface area (Å²) in [5.41, 5.74) is 0. The van der Waals surface area contributed by atoms with E-state index in [0.29, 0.717) is 5.91 Å². The lowest BCUT2D eigenvalue weighted by molar-refractivity contribution is -0.133. The van der Waals surface area contributed by atoms with Gasteiger partial charge >= 0.3 is 0 Å². The number of ether oxygens (including phenoxy) is 1. The molecule has 100 valence electrons. The Balaban J connectivity index is 2.15. The monoisotopic (exact) mass is 242 g/mol. The van der Waals surface area contributed by atoms with Crippen LogP contribution in [0.25, 0.3) is 0 Å². The lowest BCUT2D eigenvalue weighted by Crippen LogP contribution is -2.49. The predicted octanol–water partition coefficient (Wildman–Crippen LogP) is 1.36. The number of methoxy groups -OCH3 is 1. The van der Waals surface area contributed by atoms with Crippen LogP contribution in [0.15, 0.2) is 0 Å². The zero-order valence-corrected chi connectivity index (χ0v) is 11.3. The highest BCUT2D eigenvalue weighted by atomic mass is 16.5. The van der Waals surface area contributed by atoms with E-state index in [4.69, 9.17) is 4.74 Å². The van der Waals surface area contributed by atoms with Gasteiger partial charge in [0.25, 0.3) is 0 Å². The SMILES string of the molecule is CCCCCC(=O)N1CCN(CCOC)CC1. The Kier molecular flexibility index (Phi) is 7.21. The highest BCUT2D eigenvalue weighted by molar-refractivity contribution is 5.76. The first-order chi connectivity index (χ1) is 8.27. The molecule has 17 heavy (non-hydrogen) atoms. The van der Waals surface area contributed by atoms with Crippen molar-refractivity contribution in [2.24, 2.45) is 0 Å². The van der Waals surface area contributed by atoms with Crippen LogP contribution >= 0.6 is 0 Å². The van der Waals surface area contributed by atoms with Crippen LogP contribution in [-0.2, 0) is 9.53 Å². The predicted molar refractivity (Wildman–Crippen MR) is 69.0 cm³/mol. The molecule has 0 N–H and O–H groups in total. The highest BCUT2D eigenvalue weighted by Crippen LogP contribution is 2.07. The number of carbonyl (C=O) groups excluding carboxylic acids is 1. The number of rotatable bonds is 7. The topological polar surface area (TPSA) is 32.8 Å². The lowest BCUT2D eigenvalue weighted by Gasteiger charge is -2.34. The molecule has 4 heteroatoms. The van der Waals surface area contributed by atoms with Gasteiger partial charge in [0.05, 0.1) is 6.61 Å². The van der Waals surface area contributed by atoms with Crippen LogP contribution in [0.2, 0.25) is 0 Å². The molecule has 0 bridgehead atoms. The molecule has 0 unspecified atom stereocenters. The molecule has 4 nitrogen and oxygen atoms in total. The van der Waals surface area contributed by atoms with Crippen molar-refractivity contribution >= 4 is 5.91 Å². The Morgan fingerprint density at radius 3 is 2.47 bits per heavy atom. The van der Waals surface area contributed by atoms with E-state index in [0.717, 1.165) is 52.2 Å². The maximum Gasteiger partial charge on any atom is 0.222 e. The van der Waals surface area contributed by atoms with Crippen molar-refractivity contribution in [3.63, 3.8) is 0 Å². The molecule has 1 heterocycles. The van der Waals surface area contributed by atoms with E-state index in [-0.39, 0.29) is 0 Å². The molecule has 0 atom stereocenters. The van der Waals surface area contributed by atoms with Gasteiger partial charge in [-0.05, 0) is 6.42 Å². The maximum absolute atomic E-state index is 11.9. The van der Waals surface area contributed by atoms with Gasteiger partial charge in [0.1, 0.15) is 0 Å². The fourth-order valence-electron chi connectivity index (χ4n) is 2.13. The lowest BCUT2D eigenvalue weighted by atomic mass is 10.2. The molecule has 0 saturated carbocycles. The number of nitrogens with zero attached hydrogens (tertiary/aromatic N) is 2. The molecule has 1 aliphatic rings. The molecule has 0 aromatic rings. The van der Waals surface area contributed by atoms with Gasteiger partial charge in [-0.2, -0.15) is 0 Å². The molecule has 0 spiro atoms. The summed E-state index contributed by atoms with van der Waals surface area (Å²) in [5.74, 6) is 0.338. The Hall–Kier alpha value is -0.610. The highest BCUT2D eigenvalue weighted by Gasteiger charge is 2.19. The number of amides is 1. The Morgan fingerprint density at radius 2 is 1.88 bits per heavy atom. The third-order valence-electron chi connectivity index (χ3n) is 3.33. The molecule has 0 aromatic carbocycles. The summed E-state index contributed by atoms with van der Waals surface area (Å²) in [6, 6.07) is 0. The average Bonchev–Trinajstić information content (AvgIpc) is 2.37. The number of piperazine rings is 1. The van der Waals surface area contributed by atoms with Crippen molar-refractivity contribution in [3.8, 4) is 0 Å². The molecular weight excluding hydrogens is 216 g/mol. The van der Waals surface area contributed by atoms with Crippen LogP contribution in [-0.4, -0.2) is 62.1 Å². The Bertz CT molecular complexity index is 213. The van der Waals surface area contributed by atoms with Crippen LogP contribution in [0, 0.1) is 0 Å². The molecule has 1 fully saturated rings. The van der Waals surface area contributed by atoms with Gasteiger partial charge in [-0.1, -0.05) is 19.8 Å². The summed E-state index contributed by atoms with van der Waals surface area (Å²) in [7, 11) is 1.73. The Morgan fingerprint density at radius 1 is 1.18 bits per heavy atom. The third kappa shape index (κ3) is 5.50. The summed E-state index contributed by atoms with van der Waals surface area (Å²) in [4.78, 5) is 16.2. The van der Waals surface area contributed by atoms with E-state index in [1.807, 2.05) is 4.90 Å². The second-order valence-electron chi connectivity index (χ2n) is 4.67. The maximum atomic E-state index is 11.9. The molecular formula is C13H26N2O2. The summed E-state index contributed by atoms with van der Waals surface area (Å²) in [6.07, 6.45) is 4.11.